The number of likely N-dealkylation sites (N-methyl/N-ethyl adjacent to an activating group) is 1. The Hall–Kier alpha value is -1.10. The number of halogens is 1. The van der Waals surface area contributed by atoms with Gasteiger partial charge < -0.3 is 20.4 Å². The molecule has 1 unspecified atom stereocenters. The van der Waals surface area contributed by atoms with E-state index in [1.165, 1.54) is 32.1 Å². The average Bonchev–Trinajstić information content (AvgIpc) is 2.96. The van der Waals surface area contributed by atoms with Crippen molar-refractivity contribution in [2.45, 2.75) is 62.9 Å². The summed E-state index contributed by atoms with van der Waals surface area (Å²) in [6.45, 7) is 4.41. The smallest absolute Gasteiger partial charge is 0.322 e. The number of carbonyl (C=O) groups excluding carboxylic acids is 2. The summed E-state index contributed by atoms with van der Waals surface area (Å²) in [6, 6.07) is -0.381. The zero-order chi connectivity index (χ0) is 20.4. The van der Waals surface area contributed by atoms with E-state index in [1.807, 2.05) is 14.0 Å². The molecular weight excluding hydrogens is 483 g/mol. The van der Waals surface area contributed by atoms with E-state index < -0.39 is 5.54 Å². The largest absolute Gasteiger partial charge is 0.354 e. The van der Waals surface area contributed by atoms with E-state index in [-0.39, 0.29) is 47.4 Å². The number of urea groups is 1. The Morgan fingerprint density at radius 1 is 1.21 bits per heavy atom. The summed E-state index contributed by atoms with van der Waals surface area (Å²) in [5.74, 6) is 0.874. The Labute approximate surface area is 191 Å². The molecule has 2 heterocycles. The minimum absolute atomic E-state index is 0. The predicted octanol–water partition coefficient (Wildman–Crippen LogP) is 1.75. The lowest BCUT2D eigenvalue weighted by Gasteiger charge is -2.44. The van der Waals surface area contributed by atoms with Crippen molar-refractivity contribution in [2.75, 3.05) is 40.8 Å². The van der Waals surface area contributed by atoms with E-state index in [0.717, 1.165) is 38.4 Å². The number of nitrogens with zero attached hydrogens (tertiary/aromatic N) is 3. The van der Waals surface area contributed by atoms with Crippen molar-refractivity contribution in [3.05, 3.63) is 0 Å². The van der Waals surface area contributed by atoms with E-state index in [1.54, 1.807) is 0 Å². The highest BCUT2D eigenvalue weighted by Crippen LogP contribution is 2.32. The second-order valence-corrected chi connectivity index (χ2v) is 8.95. The second kappa shape index (κ2) is 9.80. The highest BCUT2D eigenvalue weighted by molar-refractivity contribution is 14.0. The van der Waals surface area contributed by atoms with Crippen LogP contribution in [0.15, 0.2) is 4.99 Å². The Balaban J connectivity index is 0.00000300. The van der Waals surface area contributed by atoms with E-state index in [0.29, 0.717) is 0 Å². The molecule has 8 nitrogen and oxygen atoms in total. The maximum absolute atomic E-state index is 12.2. The minimum Gasteiger partial charge on any atom is -0.354 e. The van der Waals surface area contributed by atoms with Crippen LogP contribution < -0.4 is 16.0 Å². The van der Waals surface area contributed by atoms with E-state index in [9.17, 15) is 9.59 Å². The molecule has 0 aromatic carbocycles. The van der Waals surface area contributed by atoms with E-state index in [4.69, 9.17) is 0 Å². The van der Waals surface area contributed by atoms with Gasteiger partial charge in [-0.25, -0.2) is 4.79 Å². The zero-order valence-corrected chi connectivity index (χ0v) is 20.5. The Morgan fingerprint density at radius 3 is 2.31 bits per heavy atom. The fraction of sp³-hybridized carbons (Fsp3) is 0.850. The first kappa shape index (κ1) is 24.2. The number of likely N-dealkylation sites (tertiary alicyclic amines) is 1. The summed E-state index contributed by atoms with van der Waals surface area (Å²) in [6.07, 6.45) is 8.05. The van der Waals surface area contributed by atoms with Crippen LogP contribution in [0.1, 0.15) is 51.9 Å². The lowest BCUT2D eigenvalue weighted by atomic mass is 9.79. The third-order valence-corrected chi connectivity index (χ3v) is 7.20. The topological polar surface area (TPSA) is 89.1 Å². The SMILES string of the molecule is CN=C(NCC1(N(C)C)CCCCC1)N1CCC(C2(C)NC(=O)NC2=O)CC1.I. The number of carbonyl (C=O) groups is 2. The highest BCUT2D eigenvalue weighted by Gasteiger charge is 2.48. The lowest BCUT2D eigenvalue weighted by Crippen LogP contribution is -2.58. The first-order chi connectivity index (χ1) is 13.3. The van der Waals surface area contributed by atoms with Crippen molar-refractivity contribution in [3.63, 3.8) is 0 Å². The van der Waals surface area contributed by atoms with Crippen molar-refractivity contribution in [1.82, 2.24) is 25.8 Å². The van der Waals surface area contributed by atoms with Gasteiger partial charge in [-0.3, -0.25) is 15.1 Å². The molecule has 29 heavy (non-hydrogen) atoms. The first-order valence-electron chi connectivity index (χ1n) is 10.6. The molecule has 0 radical (unpaired) electrons. The number of rotatable bonds is 4. The minimum atomic E-state index is -0.794. The van der Waals surface area contributed by atoms with Crippen molar-refractivity contribution >= 4 is 41.9 Å². The molecule has 9 heteroatoms. The van der Waals surface area contributed by atoms with Gasteiger partial charge in [-0.2, -0.15) is 0 Å². The zero-order valence-electron chi connectivity index (χ0n) is 18.2. The van der Waals surface area contributed by atoms with Crippen LogP contribution in [-0.2, 0) is 4.79 Å². The molecule has 1 saturated carbocycles. The molecule has 0 spiro atoms. The maximum atomic E-state index is 12.2. The number of piperidine rings is 1. The second-order valence-electron chi connectivity index (χ2n) is 8.95. The molecule has 1 atom stereocenters. The van der Waals surface area contributed by atoms with Gasteiger partial charge in [0, 0.05) is 32.2 Å². The van der Waals surface area contributed by atoms with E-state index >= 15 is 0 Å². The van der Waals surface area contributed by atoms with Gasteiger partial charge in [0.2, 0.25) is 0 Å². The molecule has 3 aliphatic rings. The molecule has 2 aliphatic heterocycles. The molecule has 1 aliphatic carbocycles. The van der Waals surface area contributed by atoms with Crippen LogP contribution in [0, 0.1) is 5.92 Å². The summed E-state index contributed by atoms with van der Waals surface area (Å²) < 4.78 is 0. The van der Waals surface area contributed by atoms with Gasteiger partial charge in [0.05, 0.1) is 0 Å². The Morgan fingerprint density at radius 2 is 1.83 bits per heavy atom. The third-order valence-electron chi connectivity index (χ3n) is 7.20. The number of nitrogens with one attached hydrogen (secondary N) is 3. The summed E-state index contributed by atoms with van der Waals surface area (Å²) >= 11 is 0. The standard InChI is InChI=1S/C20H36N6O2.HI/c1-19(16(27)23-18(28)24-19)15-8-12-26(13-9-15)17(21-2)22-14-20(25(3)4)10-6-5-7-11-20;/h15H,5-14H2,1-4H3,(H,21,22)(H2,23,24,27,28);1H. The molecule has 3 N–H and O–H groups in total. The third kappa shape index (κ3) is 4.98. The molecule has 166 valence electrons. The monoisotopic (exact) mass is 520 g/mol. The Bertz CT molecular complexity index is 626. The molecule has 0 aromatic heterocycles. The summed E-state index contributed by atoms with van der Waals surface area (Å²) in [7, 11) is 6.20. The van der Waals surface area contributed by atoms with Gasteiger partial charge in [-0.05, 0) is 52.6 Å². The van der Waals surface area contributed by atoms with Crippen molar-refractivity contribution in [2.24, 2.45) is 10.9 Å². The van der Waals surface area contributed by atoms with Crippen LogP contribution in [0.5, 0.6) is 0 Å². The van der Waals surface area contributed by atoms with Crippen molar-refractivity contribution < 1.29 is 9.59 Å². The molecule has 3 amide bonds. The number of guanidine groups is 1. The normalized spacial score (nSPS) is 28.0. The van der Waals surface area contributed by atoms with Crippen molar-refractivity contribution in [3.8, 4) is 0 Å². The fourth-order valence-corrected chi connectivity index (χ4v) is 5.08. The quantitative estimate of drug-likeness (QED) is 0.228. The van der Waals surface area contributed by atoms with Crippen LogP contribution in [0.2, 0.25) is 0 Å². The van der Waals surface area contributed by atoms with Crippen LogP contribution in [0.4, 0.5) is 4.79 Å². The molecule has 0 aromatic rings. The number of hydrogen-bond donors (Lipinski definition) is 3. The molecule has 3 rings (SSSR count). The van der Waals surface area contributed by atoms with Gasteiger partial charge in [0.15, 0.2) is 5.96 Å². The fourth-order valence-electron chi connectivity index (χ4n) is 5.08. The number of imide groups is 1. The van der Waals surface area contributed by atoms with Crippen LogP contribution in [0.25, 0.3) is 0 Å². The number of aliphatic imine (C=N–C) groups is 1. The lowest BCUT2D eigenvalue weighted by molar-refractivity contribution is -0.125. The molecule has 2 saturated heterocycles. The molecule has 0 bridgehead atoms. The predicted molar refractivity (Wildman–Crippen MR) is 126 cm³/mol. The Kier molecular flexibility index (Phi) is 8.17. The summed E-state index contributed by atoms with van der Waals surface area (Å²) in [4.78, 5) is 32.9. The van der Waals surface area contributed by atoms with Crippen LogP contribution in [0.3, 0.4) is 0 Å². The maximum Gasteiger partial charge on any atom is 0.322 e. The van der Waals surface area contributed by atoms with E-state index in [2.05, 4.69) is 44.8 Å². The first-order valence-corrected chi connectivity index (χ1v) is 10.6. The number of amides is 3. The van der Waals surface area contributed by atoms with Gasteiger partial charge in [-0.15, -0.1) is 24.0 Å². The van der Waals surface area contributed by atoms with Crippen LogP contribution in [-0.4, -0.2) is 79.6 Å². The van der Waals surface area contributed by atoms with Gasteiger partial charge in [0.1, 0.15) is 5.54 Å². The molecule has 3 fully saturated rings. The average molecular weight is 520 g/mol. The van der Waals surface area contributed by atoms with Crippen LogP contribution >= 0.6 is 24.0 Å². The number of hydrogen-bond acceptors (Lipinski definition) is 4. The van der Waals surface area contributed by atoms with Gasteiger partial charge in [0.25, 0.3) is 5.91 Å². The highest BCUT2D eigenvalue weighted by atomic mass is 127. The van der Waals surface area contributed by atoms with Gasteiger partial charge >= 0.3 is 6.03 Å². The van der Waals surface area contributed by atoms with Gasteiger partial charge in [-0.1, -0.05) is 19.3 Å². The van der Waals surface area contributed by atoms with Crippen molar-refractivity contribution in [1.29, 1.82) is 0 Å². The molecular formula is C20H37IN6O2. The summed E-state index contributed by atoms with van der Waals surface area (Å²) in [5.41, 5.74) is -0.594. The summed E-state index contributed by atoms with van der Waals surface area (Å²) in [5, 5.41) is 8.83.